The molecule has 7 nitrogen and oxygen atoms in total. The van der Waals surface area contributed by atoms with Crippen LogP contribution in [0.1, 0.15) is 11.4 Å². The first kappa shape index (κ1) is 12.7. The van der Waals surface area contributed by atoms with Crippen LogP contribution in [-0.2, 0) is 21.9 Å². The van der Waals surface area contributed by atoms with Crippen LogP contribution in [0.15, 0.2) is 4.90 Å². The molecule has 0 aliphatic rings. The zero-order valence-electron chi connectivity index (χ0n) is 9.31. The molecule has 0 atom stereocenters. The van der Waals surface area contributed by atoms with Gasteiger partial charge in [0.25, 0.3) is 0 Å². The maximum absolute atomic E-state index is 11.8. The normalized spacial score (nSPS) is 11.7. The molecule has 0 spiro atoms. The monoisotopic (exact) mass is 246 g/mol. The first-order valence-electron chi connectivity index (χ1n) is 4.54. The van der Waals surface area contributed by atoms with Crippen molar-refractivity contribution in [1.29, 1.82) is 0 Å². The lowest BCUT2D eigenvalue weighted by Crippen LogP contribution is -2.33. The Morgan fingerprint density at radius 1 is 1.50 bits per heavy atom. The van der Waals surface area contributed by atoms with E-state index in [1.807, 2.05) is 0 Å². The molecule has 3 N–H and O–H groups in total. The Kier molecular flexibility index (Phi) is 3.34. The van der Waals surface area contributed by atoms with Gasteiger partial charge in [-0.3, -0.25) is 9.48 Å². The highest BCUT2D eigenvalue weighted by atomic mass is 32.2. The molecule has 1 heterocycles. The number of rotatable bonds is 4. The number of amides is 1. The van der Waals surface area contributed by atoms with Gasteiger partial charge in [-0.15, -0.1) is 0 Å². The van der Waals surface area contributed by atoms with Crippen molar-refractivity contribution in [2.75, 3.05) is 6.54 Å². The summed E-state index contributed by atoms with van der Waals surface area (Å²) in [6, 6.07) is 0. The van der Waals surface area contributed by atoms with Crippen LogP contribution in [0.3, 0.4) is 0 Å². The van der Waals surface area contributed by atoms with Crippen molar-refractivity contribution < 1.29 is 13.2 Å². The third kappa shape index (κ3) is 2.39. The van der Waals surface area contributed by atoms with Crippen LogP contribution in [0.4, 0.5) is 0 Å². The summed E-state index contributed by atoms with van der Waals surface area (Å²) in [7, 11) is -2.08. The van der Waals surface area contributed by atoms with Crippen LogP contribution < -0.4 is 10.5 Å². The number of aromatic nitrogens is 2. The molecule has 0 radical (unpaired) electrons. The zero-order chi connectivity index (χ0) is 12.5. The quantitative estimate of drug-likeness (QED) is 0.695. The summed E-state index contributed by atoms with van der Waals surface area (Å²) in [6.07, 6.45) is 0. The fourth-order valence-corrected chi connectivity index (χ4v) is 2.81. The molecule has 1 amide bonds. The minimum absolute atomic E-state index is 0.0938. The molecule has 0 saturated carbocycles. The number of nitrogens with two attached hydrogens (primary N) is 1. The average Bonchev–Trinajstić information content (AvgIpc) is 2.38. The van der Waals surface area contributed by atoms with E-state index < -0.39 is 22.5 Å². The van der Waals surface area contributed by atoms with Crippen molar-refractivity contribution in [2.45, 2.75) is 18.7 Å². The largest absolute Gasteiger partial charge is 0.369 e. The highest BCUT2D eigenvalue weighted by molar-refractivity contribution is 7.89. The van der Waals surface area contributed by atoms with Gasteiger partial charge in [-0.1, -0.05) is 0 Å². The molecular formula is C8H14N4O3S. The molecule has 0 aromatic carbocycles. The lowest BCUT2D eigenvalue weighted by atomic mass is 10.4. The molecule has 0 unspecified atom stereocenters. The second-order valence-electron chi connectivity index (χ2n) is 3.41. The van der Waals surface area contributed by atoms with E-state index in [0.717, 1.165) is 0 Å². The van der Waals surface area contributed by atoms with E-state index in [0.29, 0.717) is 11.4 Å². The maximum atomic E-state index is 11.8. The molecule has 90 valence electrons. The Hall–Kier alpha value is -1.41. The van der Waals surface area contributed by atoms with Crippen LogP contribution in [0, 0.1) is 13.8 Å². The van der Waals surface area contributed by atoms with Gasteiger partial charge in [-0.25, -0.2) is 13.1 Å². The molecule has 16 heavy (non-hydrogen) atoms. The van der Waals surface area contributed by atoms with Gasteiger partial charge in [-0.2, -0.15) is 5.10 Å². The van der Waals surface area contributed by atoms with Gasteiger partial charge in [-0.05, 0) is 13.8 Å². The molecule has 1 rings (SSSR count). The lowest BCUT2D eigenvalue weighted by Gasteiger charge is -2.04. The van der Waals surface area contributed by atoms with Gasteiger partial charge in [0.1, 0.15) is 4.90 Å². The van der Waals surface area contributed by atoms with E-state index in [1.54, 1.807) is 20.9 Å². The Morgan fingerprint density at radius 3 is 2.44 bits per heavy atom. The Bertz CT molecular complexity index is 518. The summed E-state index contributed by atoms with van der Waals surface area (Å²) in [5, 5.41) is 3.99. The molecule has 1 aromatic rings. The predicted octanol–water partition coefficient (Wildman–Crippen LogP) is -1.20. The number of hydrogen-bond acceptors (Lipinski definition) is 4. The first-order valence-corrected chi connectivity index (χ1v) is 6.02. The number of hydrogen-bond donors (Lipinski definition) is 2. The van der Waals surface area contributed by atoms with Gasteiger partial charge in [0.2, 0.25) is 15.9 Å². The molecule has 1 aromatic heterocycles. The summed E-state index contributed by atoms with van der Waals surface area (Å²) in [4.78, 5) is 10.6. The number of carbonyl (C=O) groups excluding carboxylic acids is 1. The lowest BCUT2D eigenvalue weighted by molar-refractivity contribution is -0.116. The predicted molar refractivity (Wildman–Crippen MR) is 57.1 cm³/mol. The molecule has 0 saturated heterocycles. The Labute approximate surface area is 93.7 Å². The van der Waals surface area contributed by atoms with Crippen LogP contribution in [-0.4, -0.2) is 30.7 Å². The van der Waals surface area contributed by atoms with Crippen molar-refractivity contribution in [3.63, 3.8) is 0 Å². The van der Waals surface area contributed by atoms with Crippen molar-refractivity contribution in [2.24, 2.45) is 12.8 Å². The Balaban J connectivity index is 3.12. The molecule has 0 bridgehead atoms. The molecule has 0 aliphatic heterocycles. The standard InChI is InChI=1S/C8H14N4O3S/c1-5-8(6(2)12(3)11-5)16(14,15)10-4-7(9)13/h10H,4H2,1-3H3,(H2,9,13). The molecule has 0 fully saturated rings. The van der Waals surface area contributed by atoms with Crippen LogP contribution >= 0.6 is 0 Å². The summed E-state index contributed by atoms with van der Waals surface area (Å²) in [5.41, 5.74) is 5.77. The highest BCUT2D eigenvalue weighted by Gasteiger charge is 2.23. The topological polar surface area (TPSA) is 107 Å². The number of primary amides is 1. The summed E-state index contributed by atoms with van der Waals surface area (Å²) in [6.45, 7) is 2.81. The van der Waals surface area contributed by atoms with Crippen molar-refractivity contribution in [3.05, 3.63) is 11.4 Å². The molecule has 8 heteroatoms. The van der Waals surface area contributed by atoms with Crippen LogP contribution in [0.5, 0.6) is 0 Å². The van der Waals surface area contributed by atoms with Crippen molar-refractivity contribution in [3.8, 4) is 0 Å². The van der Waals surface area contributed by atoms with E-state index >= 15 is 0 Å². The SMILES string of the molecule is Cc1nn(C)c(C)c1S(=O)(=O)NCC(N)=O. The number of nitrogens with one attached hydrogen (secondary N) is 1. The first-order chi connectivity index (χ1) is 7.25. The third-order valence-electron chi connectivity index (χ3n) is 2.15. The van der Waals surface area contributed by atoms with Crippen LogP contribution in [0.25, 0.3) is 0 Å². The zero-order valence-corrected chi connectivity index (χ0v) is 10.1. The number of carbonyl (C=O) groups is 1. The van der Waals surface area contributed by atoms with Crippen molar-refractivity contribution in [1.82, 2.24) is 14.5 Å². The Morgan fingerprint density at radius 2 is 2.06 bits per heavy atom. The fraction of sp³-hybridized carbons (Fsp3) is 0.500. The average molecular weight is 246 g/mol. The maximum Gasteiger partial charge on any atom is 0.244 e. The van der Waals surface area contributed by atoms with Crippen LogP contribution in [0.2, 0.25) is 0 Å². The molecule has 0 aliphatic carbocycles. The third-order valence-corrected chi connectivity index (χ3v) is 3.80. The van der Waals surface area contributed by atoms with E-state index in [9.17, 15) is 13.2 Å². The minimum atomic E-state index is -3.73. The number of aryl methyl sites for hydroxylation is 2. The fourth-order valence-electron chi connectivity index (χ4n) is 1.38. The van der Waals surface area contributed by atoms with Gasteiger partial charge in [0, 0.05) is 7.05 Å². The number of sulfonamides is 1. The summed E-state index contributed by atoms with van der Waals surface area (Å²) < 4.78 is 27.2. The minimum Gasteiger partial charge on any atom is -0.369 e. The van der Waals surface area contributed by atoms with Crippen molar-refractivity contribution >= 4 is 15.9 Å². The second kappa shape index (κ2) is 4.22. The van der Waals surface area contributed by atoms with E-state index in [-0.39, 0.29) is 4.90 Å². The van der Waals surface area contributed by atoms with E-state index in [4.69, 9.17) is 5.73 Å². The van der Waals surface area contributed by atoms with E-state index in [1.165, 1.54) is 4.68 Å². The second-order valence-corrected chi connectivity index (χ2v) is 5.12. The van der Waals surface area contributed by atoms with Gasteiger partial charge in [0.15, 0.2) is 0 Å². The van der Waals surface area contributed by atoms with Gasteiger partial charge >= 0.3 is 0 Å². The molecular weight excluding hydrogens is 232 g/mol. The van der Waals surface area contributed by atoms with Gasteiger partial charge < -0.3 is 5.73 Å². The number of nitrogens with zero attached hydrogens (tertiary/aromatic N) is 2. The highest BCUT2D eigenvalue weighted by Crippen LogP contribution is 2.17. The van der Waals surface area contributed by atoms with Gasteiger partial charge in [0.05, 0.1) is 17.9 Å². The van der Waals surface area contributed by atoms with E-state index in [2.05, 4.69) is 9.82 Å². The smallest absolute Gasteiger partial charge is 0.244 e. The summed E-state index contributed by atoms with van der Waals surface area (Å²) in [5.74, 6) is -0.734. The summed E-state index contributed by atoms with van der Waals surface area (Å²) >= 11 is 0.